The van der Waals surface area contributed by atoms with Gasteiger partial charge in [-0.15, -0.1) is 0 Å². The number of ether oxygens (including phenoxy) is 3. The molecule has 0 aliphatic carbocycles. The Morgan fingerprint density at radius 2 is 2.05 bits per heavy atom. The molecule has 0 spiro atoms. The summed E-state index contributed by atoms with van der Waals surface area (Å²) in [6, 6.07) is 10.6. The van der Waals surface area contributed by atoms with Crippen LogP contribution in [0.3, 0.4) is 0 Å². The second-order valence-corrected chi connectivity index (χ2v) is 4.45. The molecule has 0 atom stereocenters. The maximum atomic E-state index is 11.5. The maximum Gasteiger partial charge on any atom is 0.250 e. The van der Waals surface area contributed by atoms with Crippen LogP contribution in [0.5, 0.6) is 17.2 Å². The number of aryl methyl sites for hydroxylation is 1. The van der Waals surface area contributed by atoms with Crippen LogP contribution >= 0.6 is 0 Å². The summed E-state index contributed by atoms with van der Waals surface area (Å²) in [7, 11) is 0. The van der Waals surface area contributed by atoms with Crippen LogP contribution in [0, 0.1) is 0 Å². The molecule has 0 amide bonds. The van der Waals surface area contributed by atoms with E-state index in [1.54, 1.807) is 22.9 Å². The Morgan fingerprint density at radius 3 is 2.95 bits per heavy atom. The zero-order chi connectivity index (χ0) is 13.8. The molecule has 5 heteroatoms. The fraction of sp³-hybridized carbons (Fsp3) is 0.267. The Hall–Kier alpha value is -2.43. The highest BCUT2D eigenvalue weighted by Gasteiger charge is 2.13. The summed E-state index contributed by atoms with van der Waals surface area (Å²) in [6.07, 6.45) is 2.54. The van der Waals surface area contributed by atoms with Crippen LogP contribution in [0.15, 0.2) is 47.4 Å². The van der Waals surface area contributed by atoms with Crippen LogP contribution in [-0.4, -0.2) is 18.0 Å². The second kappa shape index (κ2) is 5.69. The molecule has 3 rings (SSSR count). The van der Waals surface area contributed by atoms with Gasteiger partial charge >= 0.3 is 0 Å². The topological polar surface area (TPSA) is 49.7 Å². The van der Waals surface area contributed by atoms with Gasteiger partial charge in [0.15, 0.2) is 11.5 Å². The van der Waals surface area contributed by atoms with E-state index in [2.05, 4.69) is 0 Å². The lowest BCUT2D eigenvalue weighted by atomic mass is 10.3. The summed E-state index contributed by atoms with van der Waals surface area (Å²) >= 11 is 0. The average Bonchev–Trinajstić information content (AvgIpc) is 2.93. The number of hydrogen-bond donors (Lipinski definition) is 0. The SMILES string of the molecule is O=c1ccccn1CCCOc1ccc2c(c1)OCO2. The van der Waals surface area contributed by atoms with Crippen molar-refractivity contribution < 1.29 is 14.2 Å². The van der Waals surface area contributed by atoms with Gasteiger partial charge in [0, 0.05) is 24.9 Å². The van der Waals surface area contributed by atoms with Crippen molar-refractivity contribution in [2.24, 2.45) is 0 Å². The van der Waals surface area contributed by atoms with Crippen molar-refractivity contribution in [3.63, 3.8) is 0 Å². The zero-order valence-electron chi connectivity index (χ0n) is 11.0. The van der Waals surface area contributed by atoms with Crippen LogP contribution in [0.1, 0.15) is 6.42 Å². The molecule has 0 N–H and O–H groups in total. The van der Waals surface area contributed by atoms with Crippen LogP contribution in [0.4, 0.5) is 0 Å². The Morgan fingerprint density at radius 1 is 1.15 bits per heavy atom. The highest BCUT2D eigenvalue weighted by atomic mass is 16.7. The van der Waals surface area contributed by atoms with Crippen molar-refractivity contribution in [2.75, 3.05) is 13.4 Å². The molecule has 20 heavy (non-hydrogen) atoms. The van der Waals surface area contributed by atoms with Crippen molar-refractivity contribution in [3.8, 4) is 17.2 Å². The second-order valence-electron chi connectivity index (χ2n) is 4.45. The summed E-state index contributed by atoms with van der Waals surface area (Å²) in [4.78, 5) is 11.5. The molecule has 1 aromatic heterocycles. The monoisotopic (exact) mass is 273 g/mol. The maximum absolute atomic E-state index is 11.5. The average molecular weight is 273 g/mol. The van der Waals surface area contributed by atoms with E-state index in [0.29, 0.717) is 18.9 Å². The molecule has 1 aromatic carbocycles. The number of rotatable bonds is 5. The summed E-state index contributed by atoms with van der Waals surface area (Å²) in [6.45, 7) is 1.45. The number of fused-ring (bicyclic) bond motifs is 1. The molecular formula is C15H15NO4. The molecule has 0 bridgehead atoms. The first-order chi connectivity index (χ1) is 9.83. The lowest BCUT2D eigenvalue weighted by Gasteiger charge is -2.08. The predicted octanol–water partition coefficient (Wildman–Crippen LogP) is 2.05. The van der Waals surface area contributed by atoms with Gasteiger partial charge in [-0.25, -0.2) is 0 Å². The third-order valence-corrected chi connectivity index (χ3v) is 3.06. The minimum atomic E-state index is 0.00980. The number of nitrogens with zero attached hydrogens (tertiary/aromatic N) is 1. The summed E-state index contributed by atoms with van der Waals surface area (Å²) in [5, 5.41) is 0. The first kappa shape index (κ1) is 12.6. The van der Waals surface area contributed by atoms with E-state index in [1.165, 1.54) is 0 Å². The highest BCUT2D eigenvalue weighted by molar-refractivity contribution is 5.46. The van der Waals surface area contributed by atoms with Gasteiger partial charge < -0.3 is 18.8 Å². The fourth-order valence-corrected chi connectivity index (χ4v) is 2.04. The van der Waals surface area contributed by atoms with Gasteiger partial charge in [-0.3, -0.25) is 4.79 Å². The Kier molecular flexibility index (Phi) is 3.58. The number of hydrogen-bond acceptors (Lipinski definition) is 4. The van der Waals surface area contributed by atoms with Crippen molar-refractivity contribution in [1.82, 2.24) is 4.57 Å². The molecule has 0 fully saturated rings. The van der Waals surface area contributed by atoms with Crippen molar-refractivity contribution >= 4 is 0 Å². The lowest BCUT2D eigenvalue weighted by Crippen LogP contribution is -2.18. The van der Waals surface area contributed by atoms with E-state index in [0.717, 1.165) is 17.9 Å². The Labute approximate surface area is 116 Å². The zero-order valence-corrected chi connectivity index (χ0v) is 11.0. The molecule has 0 radical (unpaired) electrons. The van der Waals surface area contributed by atoms with Gasteiger partial charge in [0.2, 0.25) is 12.4 Å². The van der Waals surface area contributed by atoms with Crippen LogP contribution in [-0.2, 0) is 6.54 Å². The highest BCUT2D eigenvalue weighted by Crippen LogP contribution is 2.35. The lowest BCUT2D eigenvalue weighted by molar-refractivity contribution is 0.173. The van der Waals surface area contributed by atoms with E-state index in [1.807, 2.05) is 24.3 Å². The predicted molar refractivity (Wildman–Crippen MR) is 73.4 cm³/mol. The molecule has 1 aliphatic rings. The van der Waals surface area contributed by atoms with E-state index < -0.39 is 0 Å². The normalized spacial score (nSPS) is 12.4. The quantitative estimate of drug-likeness (QED) is 0.782. The van der Waals surface area contributed by atoms with Gasteiger partial charge in [0.25, 0.3) is 0 Å². The Balaban J connectivity index is 1.51. The Bertz CT molecular complexity index is 650. The first-order valence-corrected chi connectivity index (χ1v) is 6.51. The minimum absolute atomic E-state index is 0.00980. The molecule has 2 heterocycles. The number of aromatic nitrogens is 1. The van der Waals surface area contributed by atoms with Gasteiger partial charge in [0.1, 0.15) is 5.75 Å². The molecule has 0 saturated heterocycles. The van der Waals surface area contributed by atoms with E-state index >= 15 is 0 Å². The van der Waals surface area contributed by atoms with Gasteiger partial charge in [-0.2, -0.15) is 0 Å². The first-order valence-electron chi connectivity index (χ1n) is 6.51. The molecule has 0 unspecified atom stereocenters. The van der Waals surface area contributed by atoms with Crippen LogP contribution in [0.2, 0.25) is 0 Å². The van der Waals surface area contributed by atoms with E-state index in [4.69, 9.17) is 14.2 Å². The molecule has 1 aliphatic heterocycles. The molecular weight excluding hydrogens is 258 g/mol. The molecule has 2 aromatic rings. The van der Waals surface area contributed by atoms with E-state index in [-0.39, 0.29) is 12.4 Å². The third-order valence-electron chi connectivity index (χ3n) is 3.06. The standard InChI is InChI=1S/C15H15NO4/c17-15-4-1-2-7-16(15)8-3-9-18-12-5-6-13-14(10-12)20-11-19-13/h1-2,4-7,10H,3,8-9,11H2. The smallest absolute Gasteiger partial charge is 0.250 e. The fourth-order valence-electron chi connectivity index (χ4n) is 2.04. The number of benzene rings is 1. The van der Waals surface area contributed by atoms with Gasteiger partial charge in [0.05, 0.1) is 6.61 Å². The number of pyridine rings is 1. The molecule has 5 nitrogen and oxygen atoms in total. The van der Waals surface area contributed by atoms with Crippen LogP contribution in [0.25, 0.3) is 0 Å². The van der Waals surface area contributed by atoms with Crippen LogP contribution < -0.4 is 19.8 Å². The summed E-state index contributed by atoms with van der Waals surface area (Å²) in [5.41, 5.74) is 0.00980. The minimum Gasteiger partial charge on any atom is -0.493 e. The molecule has 0 saturated carbocycles. The summed E-state index contributed by atoms with van der Waals surface area (Å²) < 4.78 is 17.8. The largest absolute Gasteiger partial charge is 0.493 e. The van der Waals surface area contributed by atoms with Crippen molar-refractivity contribution in [3.05, 3.63) is 52.9 Å². The van der Waals surface area contributed by atoms with Crippen molar-refractivity contribution in [1.29, 1.82) is 0 Å². The van der Waals surface area contributed by atoms with Gasteiger partial charge in [-0.1, -0.05) is 6.07 Å². The van der Waals surface area contributed by atoms with Crippen molar-refractivity contribution in [2.45, 2.75) is 13.0 Å². The third kappa shape index (κ3) is 2.77. The van der Waals surface area contributed by atoms with E-state index in [9.17, 15) is 4.79 Å². The van der Waals surface area contributed by atoms with Gasteiger partial charge in [-0.05, 0) is 24.6 Å². The molecule has 104 valence electrons. The summed E-state index contributed by atoms with van der Waals surface area (Å²) in [5.74, 6) is 2.20.